The van der Waals surface area contributed by atoms with Gasteiger partial charge in [-0.15, -0.1) is 0 Å². The van der Waals surface area contributed by atoms with E-state index in [4.69, 9.17) is 0 Å². The smallest absolute Gasteiger partial charge is 0.222 e. The number of fused-ring (bicyclic) bond motifs is 1. The molecule has 2 aromatic heterocycles. The molecule has 0 bridgehead atoms. The van der Waals surface area contributed by atoms with Crippen molar-refractivity contribution in [3.63, 3.8) is 0 Å². The summed E-state index contributed by atoms with van der Waals surface area (Å²) in [5, 5.41) is 7.85. The predicted molar refractivity (Wildman–Crippen MR) is 96.8 cm³/mol. The highest BCUT2D eigenvalue weighted by molar-refractivity contribution is 5.27. The van der Waals surface area contributed by atoms with Gasteiger partial charge in [0.25, 0.3) is 0 Å². The number of nitrogens with one attached hydrogen (secondary N) is 1. The second kappa shape index (κ2) is 7.21. The Labute approximate surface area is 151 Å². The number of nitrogens with zero attached hydrogens (tertiary/aromatic N) is 5. The minimum Gasteiger partial charge on any atom is -0.348 e. The van der Waals surface area contributed by atoms with E-state index in [0.717, 1.165) is 37.4 Å². The van der Waals surface area contributed by atoms with Crippen molar-refractivity contribution in [3.8, 4) is 0 Å². The molecule has 1 aromatic carbocycles. The fraction of sp³-hybridized carbons (Fsp3) is 0.316. The normalized spacial score (nSPS) is 14.2. The van der Waals surface area contributed by atoms with Crippen LogP contribution in [0.1, 0.15) is 22.5 Å². The van der Waals surface area contributed by atoms with Gasteiger partial charge >= 0.3 is 0 Å². The lowest BCUT2D eigenvalue weighted by Crippen LogP contribution is -2.33. The number of aryl methyl sites for hydroxylation is 1. The molecule has 134 valence electrons. The average Bonchev–Trinajstić information content (AvgIpc) is 3.05. The van der Waals surface area contributed by atoms with Crippen LogP contribution in [0.3, 0.4) is 0 Å². The van der Waals surface area contributed by atoms with E-state index in [2.05, 4.69) is 36.0 Å². The standard InChI is InChI=1S/C19H21FN6/c1-14-9-16(20)4-3-15(14)12-25-7-8-26-18(13-25)10-17(24-26)11-23-19-21-5-2-6-22-19/h2-6,9-10H,7-8,11-13H2,1H3,(H,21,22,23). The molecule has 0 spiro atoms. The third kappa shape index (κ3) is 3.72. The van der Waals surface area contributed by atoms with Gasteiger partial charge in [0.15, 0.2) is 0 Å². The molecular weight excluding hydrogens is 331 g/mol. The molecule has 0 radical (unpaired) electrons. The molecule has 1 N–H and O–H groups in total. The molecule has 1 aliphatic heterocycles. The zero-order chi connectivity index (χ0) is 17.9. The first-order chi connectivity index (χ1) is 12.7. The minimum atomic E-state index is -0.178. The number of hydrogen-bond donors (Lipinski definition) is 1. The summed E-state index contributed by atoms with van der Waals surface area (Å²) in [5.41, 5.74) is 4.34. The van der Waals surface area contributed by atoms with Crippen molar-refractivity contribution in [1.29, 1.82) is 0 Å². The molecule has 6 nitrogen and oxygen atoms in total. The summed E-state index contributed by atoms with van der Waals surface area (Å²) >= 11 is 0. The van der Waals surface area contributed by atoms with Crippen molar-refractivity contribution in [3.05, 3.63) is 71.1 Å². The number of aromatic nitrogens is 4. The average molecular weight is 352 g/mol. The maximum absolute atomic E-state index is 13.3. The Morgan fingerprint density at radius 1 is 1.15 bits per heavy atom. The number of halogens is 1. The fourth-order valence-corrected chi connectivity index (χ4v) is 3.24. The Bertz CT molecular complexity index is 892. The van der Waals surface area contributed by atoms with Crippen LogP contribution in [-0.4, -0.2) is 31.2 Å². The van der Waals surface area contributed by atoms with Crippen molar-refractivity contribution in [2.45, 2.75) is 33.1 Å². The highest BCUT2D eigenvalue weighted by atomic mass is 19.1. The van der Waals surface area contributed by atoms with Gasteiger partial charge in [0.05, 0.1) is 24.5 Å². The molecule has 0 amide bonds. The number of anilines is 1. The molecule has 0 fully saturated rings. The topological polar surface area (TPSA) is 58.9 Å². The van der Waals surface area contributed by atoms with Crippen molar-refractivity contribution in [2.75, 3.05) is 11.9 Å². The van der Waals surface area contributed by atoms with E-state index < -0.39 is 0 Å². The largest absolute Gasteiger partial charge is 0.348 e. The molecule has 0 unspecified atom stereocenters. The summed E-state index contributed by atoms with van der Waals surface area (Å²) in [6.45, 7) is 6.01. The Hall–Kier alpha value is -2.80. The Morgan fingerprint density at radius 2 is 2.00 bits per heavy atom. The molecule has 0 atom stereocenters. The van der Waals surface area contributed by atoms with Gasteiger partial charge in [0, 0.05) is 32.0 Å². The van der Waals surface area contributed by atoms with Crippen molar-refractivity contribution >= 4 is 5.95 Å². The van der Waals surface area contributed by atoms with Crippen molar-refractivity contribution < 1.29 is 4.39 Å². The second-order valence-electron chi connectivity index (χ2n) is 6.56. The van der Waals surface area contributed by atoms with Crippen LogP contribution in [0.15, 0.2) is 42.7 Å². The van der Waals surface area contributed by atoms with Crippen LogP contribution in [0.4, 0.5) is 10.3 Å². The summed E-state index contributed by atoms with van der Waals surface area (Å²) in [6, 6.07) is 8.92. The van der Waals surface area contributed by atoms with E-state index in [1.807, 2.05) is 13.0 Å². The van der Waals surface area contributed by atoms with Crippen molar-refractivity contribution in [1.82, 2.24) is 24.6 Å². The highest BCUT2D eigenvalue weighted by Crippen LogP contribution is 2.19. The molecule has 4 rings (SSSR count). The third-order valence-corrected chi connectivity index (χ3v) is 4.62. The molecule has 1 aliphatic rings. The van der Waals surface area contributed by atoms with E-state index >= 15 is 0 Å². The molecule has 3 heterocycles. The number of hydrogen-bond acceptors (Lipinski definition) is 5. The number of rotatable bonds is 5. The van der Waals surface area contributed by atoms with Gasteiger partial charge in [-0.05, 0) is 42.3 Å². The summed E-state index contributed by atoms with van der Waals surface area (Å²) in [5.74, 6) is 0.425. The maximum atomic E-state index is 13.3. The van der Waals surface area contributed by atoms with Crippen LogP contribution >= 0.6 is 0 Å². The van der Waals surface area contributed by atoms with E-state index in [1.54, 1.807) is 24.5 Å². The molecule has 0 saturated heterocycles. The summed E-state index contributed by atoms with van der Waals surface area (Å²) in [4.78, 5) is 10.7. The lowest BCUT2D eigenvalue weighted by molar-refractivity contribution is 0.204. The fourth-order valence-electron chi connectivity index (χ4n) is 3.24. The molecular formula is C19H21FN6. The molecule has 26 heavy (non-hydrogen) atoms. The molecule has 0 saturated carbocycles. The summed E-state index contributed by atoms with van der Waals surface area (Å²) in [6.07, 6.45) is 3.42. The Balaban J connectivity index is 1.40. The lowest BCUT2D eigenvalue weighted by Gasteiger charge is -2.28. The Morgan fingerprint density at radius 3 is 2.81 bits per heavy atom. The van der Waals surface area contributed by atoms with Gasteiger partial charge < -0.3 is 5.32 Å². The van der Waals surface area contributed by atoms with E-state index in [1.165, 1.54) is 17.3 Å². The zero-order valence-corrected chi connectivity index (χ0v) is 14.7. The monoisotopic (exact) mass is 352 g/mol. The van der Waals surface area contributed by atoms with Gasteiger partial charge in [0.2, 0.25) is 5.95 Å². The maximum Gasteiger partial charge on any atom is 0.222 e. The van der Waals surface area contributed by atoms with Crippen LogP contribution in [0, 0.1) is 12.7 Å². The first-order valence-corrected chi connectivity index (χ1v) is 8.71. The molecule has 7 heteroatoms. The van der Waals surface area contributed by atoms with Crippen LogP contribution < -0.4 is 5.32 Å². The van der Waals surface area contributed by atoms with Crippen LogP contribution in [-0.2, 0) is 26.2 Å². The SMILES string of the molecule is Cc1cc(F)ccc1CN1CCn2nc(CNc3ncccn3)cc2C1. The minimum absolute atomic E-state index is 0.178. The lowest BCUT2D eigenvalue weighted by atomic mass is 10.1. The molecule has 3 aromatic rings. The zero-order valence-electron chi connectivity index (χ0n) is 14.7. The molecule has 0 aliphatic carbocycles. The van der Waals surface area contributed by atoms with Crippen LogP contribution in [0.2, 0.25) is 0 Å². The van der Waals surface area contributed by atoms with E-state index in [9.17, 15) is 4.39 Å². The van der Waals surface area contributed by atoms with Crippen LogP contribution in [0.25, 0.3) is 0 Å². The van der Waals surface area contributed by atoms with Crippen molar-refractivity contribution in [2.24, 2.45) is 0 Å². The first-order valence-electron chi connectivity index (χ1n) is 8.71. The summed E-state index contributed by atoms with van der Waals surface area (Å²) in [7, 11) is 0. The second-order valence-corrected chi connectivity index (χ2v) is 6.56. The van der Waals surface area contributed by atoms with Gasteiger partial charge in [-0.2, -0.15) is 5.10 Å². The summed E-state index contributed by atoms with van der Waals surface area (Å²) < 4.78 is 15.3. The highest BCUT2D eigenvalue weighted by Gasteiger charge is 2.19. The van der Waals surface area contributed by atoms with E-state index in [-0.39, 0.29) is 5.82 Å². The quantitative estimate of drug-likeness (QED) is 0.765. The first kappa shape index (κ1) is 16.7. The van der Waals surface area contributed by atoms with Gasteiger partial charge in [-0.1, -0.05) is 6.07 Å². The van der Waals surface area contributed by atoms with Crippen LogP contribution in [0.5, 0.6) is 0 Å². The van der Waals surface area contributed by atoms with Gasteiger partial charge in [-0.3, -0.25) is 9.58 Å². The van der Waals surface area contributed by atoms with Gasteiger partial charge in [-0.25, -0.2) is 14.4 Å². The predicted octanol–water partition coefficient (Wildman–Crippen LogP) is 2.75. The third-order valence-electron chi connectivity index (χ3n) is 4.62. The van der Waals surface area contributed by atoms with E-state index in [0.29, 0.717) is 12.5 Å². The number of benzene rings is 1. The Kier molecular flexibility index (Phi) is 4.62. The van der Waals surface area contributed by atoms with Gasteiger partial charge in [0.1, 0.15) is 5.82 Å².